The molecule has 0 aromatic carbocycles. The predicted octanol–water partition coefficient (Wildman–Crippen LogP) is 3.27. The molecule has 0 bridgehead atoms. The smallest absolute Gasteiger partial charge is 0.212 e. The molecular weight excluding hydrogens is 374 g/mol. The first-order valence-electron chi connectivity index (χ1n) is 9.74. The van der Waals surface area contributed by atoms with Crippen molar-refractivity contribution in [3.8, 4) is 5.88 Å². The van der Waals surface area contributed by atoms with Crippen molar-refractivity contribution in [2.75, 3.05) is 26.9 Å². The molecule has 6 nitrogen and oxygen atoms in total. The van der Waals surface area contributed by atoms with E-state index in [4.69, 9.17) is 9.47 Å². The van der Waals surface area contributed by atoms with Gasteiger partial charge in [-0.25, -0.2) is 4.98 Å². The van der Waals surface area contributed by atoms with E-state index in [9.17, 15) is 5.11 Å². The lowest BCUT2D eigenvalue weighted by molar-refractivity contribution is 0.0779. The molecule has 1 unspecified atom stereocenters. The van der Waals surface area contributed by atoms with Gasteiger partial charge in [-0.1, -0.05) is 0 Å². The number of methoxy groups -OCH3 is 1. The van der Waals surface area contributed by atoms with E-state index in [1.165, 1.54) is 15.9 Å². The van der Waals surface area contributed by atoms with E-state index in [0.717, 1.165) is 49.6 Å². The molecule has 7 heteroatoms. The van der Waals surface area contributed by atoms with Crippen LogP contribution < -0.4 is 10.1 Å². The Hall–Kier alpha value is -1.93. The molecule has 0 radical (unpaired) electrons. The summed E-state index contributed by atoms with van der Waals surface area (Å²) in [6.45, 7) is 5.72. The Bertz CT molecular complexity index is 913. The summed E-state index contributed by atoms with van der Waals surface area (Å²) in [7, 11) is 1.59. The van der Waals surface area contributed by atoms with Gasteiger partial charge in [-0.2, -0.15) is 0 Å². The number of aryl methyl sites for hydroxylation is 1. The second-order valence-electron chi connectivity index (χ2n) is 7.22. The Labute approximate surface area is 169 Å². The van der Waals surface area contributed by atoms with E-state index in [1.807, 2.05) is 6.07 Å². The van der Waals surface area contributed by atoms with Crippen LogP contribution in [0, 0.1) is 6.92 Å². The van der Waals surface area contributed by atoms with E-state index in [1.54, 1.807) is 30.7 Å². The molecular formula is C21H27N3O3S. The topological polar surface area (TPSA) is 68.5 Å². The Kier molecular flexibility index (Phi) is 5.96. The summed E-state index contributed by atoms with van der Waals surface area (Å²) < 4.78 is 12.9. The molecule has 28 heavy (non-hydrogen) atoms. The first kappa shape index (κ1) is 19.4. The van der Waals surface area contributed by atoms with Crippen molar-refractivity contribution in [2.45, 2.75) is 38.5 Å². The zero-order valence-electron chi connectivity index (χ0n) is 16.4. The van der Waals surface area contributed by atoms with Crippen LogP contribution in [0.2, 0.25) is 0 Å². The van der Waals surface area contributed by atoms with E-state index in [2.05, 4.69) is 33.9 Å². The molecule has 1 atom stereocenters. The zero-order chi connectivity index (χ0) is 19.5. The van der Waals surface area contributed by atoms with Gasteiger partial charge in [-0.3, -0.25) is 0 Å². The second-order valence-corrected chi connectivity index (χ2v) is 8.29. The van der Waals surface area contributed by atoms with E-state index < -0.39 is 6.10 Å². The van der Waals surface area contributed by atoms with Gasteiger partial charge >= 0.3 is 0 Å². The molecule has 0 aliphatic carbocycles. The van der Waals surface area contributed by atoms with Crippen LogP contribution in [0.15, 0.2) is 30.5 Å². The highest BCUT2D eigenvalue weighted by molar-refractivity contribution is 7.18. The van der Waals surface area contributed by atoms with Gasteiger partial charge < -0.3 is 24.5 Å². The van der Waals surface area contributed by atoms with Gasteiger partial charge in [0.15, 0.2) is 0 Å². The maximum absolute atomic E-state index is 10.8. The zero-order valence-corrected chi connectivity index (χ0v) is 17.2. The first-order valence-corrected chi connectivity index (χ1v) is 10.6. The molecule has 1 fully saturated rings. The fraction of sp³-hybridized carbons (Fsp3) is 0.476. The molecule has 0 saturated carbocycles. The second kappa shape index (κ2) is 8.61. The lowest BCUT2D eigenvalue weighted by Crippen LogP contribution is -2.36. The largest absolute Gasteiger partial charge is 0.481 e. The standard InChI is InChI=1S/C21H27N3O3S/c1-14-11-16-12-18(20(25)15-3-4-19(26-2)23-13-15)28-21(16)24(14)8-7-22-17-5-9-27-10-6-17/h3-4,11-13,17,20,22,25H,5-10H2,1-2H3. The van der Waals surface area contributed by atoms with Gasteiger partial charge in [0.1, 0.15) is 10.9 Å². The summed E-state index contributed by atoms with van der Waals surface area (Å²) in [4.78, 5) is 6.35. The summed E-state index contributed by atoms with van der Waals surface area (Å²) in [5.41, 5.74) is 2.02. The van der Waals surface area contributed by atoms with Crippen LogP contribution in [0.3, 0.4) is 0 Å². The van der Waals surface area contributed by atoms with Gasteiger partial charge in [-0.15, -0.1) is 11.3 Å². The van der Waals surface area contributed by atoms with Crippen molar-refractivity contribution in [2.24, 2.45) is 0 Å². The molecule has 150 valence electrons. The van der Waals surface area contributed by atoms with Crippen LogP contribution >= 0.6 is 11.3 Å². The third kappa shape index (κ3) is 4.07. The molecule has 1 aliphatic rings. The van der Waals surface area contributed by atoms with Crippen LogP contribution in [0.25, 0.3) is 10.2 Å². The van der Waals surface area contributed by atoms with Crippen LogP contribution in [0.4, 0.5) is 0 Å². The van der Waals surface area contributed by atoms with Gasteiger partial charge in [0.2, 0.25) is 5.88 Å². The van der Waals surface area contributed by atoms with Crippen molar-refractivity contribution in [3.05, 3.63) is 46.6 Å². The number of nitrogens with zero attached hydrogens (tertiary/aromatic N) is 2. The summed E-state index contributed by atoms with van der Waals surface area (Å²) in [6.07, 6.45) is 3.17. The number of aliphatic hydroxyl groups is 1. The number of rotatable bonds is 7. The number of pyridine rings is 1. The number of hydrogen-bond donors (Lipinski definition) is 2. The van der Waals surface area contributed by atoms with Gasteiger partial charge in [0.05, 0.1) is 7.11 Å². The first-order chi connectivity index (χ1) is 13.7. The minimum atomic E-state index is -0.676. The summed E-state index contributed by atoms with van der Waals surface area (Å²) in [5, 5.41) is 15.6. The molecule has 1 aliphatic heterocycles. The monoisotopic (exact) mass is 401 g/mol. The van der Waals surface area contributed by atoms with Gasteiger partial charge in [-0.05, 0) is 38.0 Å². The van der Waals surface area contributed by atoms with Crippen molar-refractivity contribution in [1.29, 1.82) is 0 Å². The Morgan fingerprint density at radius 1 is 1.36 bits per heavy atom. The van der Waals surface area contributed by atoms with E-state index in [0.29, 0.717) is 11.9 Å². The highest BCUT2D eigenvalue weighted by atomic mass is 32.1. The SMILES string of the molecule is COc1ccc(C(O)c2cc3cc(C)n(CCNC4CCOCC4)c3s2)cn1. The minimum absolute atomic E-state index is 0.548. The number of fused-ring (bicyclic) bond motifs is 1. The fourth-order valence-corrected chi connectivity index (χ4v) is 4.96. The maximum atomic E-state index is 10.8. The molecule has 4 rings (SSSR count). The third-order valence-electron chi connectivity index (χ3n) is 5.34. The van der Waals surface area contributed by atoms with Crippen molar-refractivity contribution < 1.29 is 14.6 Å². The Morgan fingerprint density at radius 3 is 2.89 bits per heavy atom. The van der Waals surface area contributed by atoms with Crippen LogP contribution in [0.1, 0.15) is 35.1 Å². The van der Waals surface area contributed by atoms with Gasteiger partial charge in [0.25, 0.3) is 0 Å². The predicted molar refractivity (Wildman–Crippen MR) is 111 cm³/mol. The number of ether oxygens (including phenoxy) is 2. The number of aliphatic hydroxyl groups excluding tert-OH is 1. The fourth-order valence-electron chi connectivity index (χ4n) is 3.73. The molecule has 2 N–H and O–H groups in total. The summed E-state index contributed by atoms with van der Waals surface area (Å²) >= 11 is 1.65. The summed E-state index contributed by atoms with van der Waals surface area (Å²) in [5.74, 6) is 0.548. The lowest BCUT2D eigenvalue weighted by atomic mass is 10.1. The molecule has 3 aromatic heterocycles. The Balaban J connectivity index is 1.47. The highest BCUT2D eigenvalue weighted by Crippen LogP contribution is 2.35. The number of aromatic nitrogens is 2. The van der Waals surface area contributed by atoms with Gasteiger partial charge in [0, 0.05) is 66.1 Å². The molecule has 0 amide bonds. The number of thiophene rings is 1. The molecule has 3 aromatic rings. The minimum Gasteiger partial charge on any atom is -0.481 e. The van der Waals surface area contributed by atoms with Crippen LogP contribution in [0.5, 0.6) is 5.88 Å². The van der Waals surface area contributed by atoms with Crippen LogP contribution in [-0.4, -0.2) is 47.6 Å². The molecule has 1 saturated heterocycles. The maximum Gasteiger partial charge on any atom is 0.212 e. The molecule has 0 spiro atoms. The lowest BCUT2D eigenvalue weighted by Gasteiger charge is -2.23. The van der Waals surface area contributed by atoms with Crippen molar-refractivity contribution in [1.82, 2.24) is 14.9 Å². The average Bonchev–Trinajstić information content (AvgIpc) is 3.26. The third-order valence-corrected chi connectivity index (χ3v) is 6.56. The molecule has 4 heterocycles. The van der Waals surface area contributed by atoms with Crippen LogP contribution in [-0.2, 0) is 11.3 Å². The normalized spacial score (nSPS) is 16.5. The number of nitrogens with one attached hydrogen (secondary N) is 1. The Morgan fingerprint density at radius 2 is 2.18 bits per heavy atom. The quantitative estimate of drug-likeness (QED) is 0.636. The summed E-state index contributed by atoms with van der Waals surface area (Å²) in [6, 6.07) is 8.48. The highest BCUT2D eigenvalue weighted by Gasteiger charge is 2.18. The van der Waals surface area contributed by atoms with E-state index >= 15 is 0 Å². The number of hydrogen-bond acceptors (Lipinski definition) is 6. The van der Waals surface area contributed by atoms with E-state index in [-0.39, 0.29) is 0 Å². The van der Waals surface area contributed by atoms with Crippen molar-refractivity contribution in [3.63, 3.8) is 0 Å². The van der Waals surface area contributed by atoms with Crippen molar-refractivity contribution >= 4 is 21.6 Å². The average molecular weight is 402 g/mol.